The topological polar surface area (TPSA) is 94.6 Å². The Morgan fingerprint density at radius 1 is 1.21 bits per heavy atom. The summed E-state index contributed by atoms with van der Waals surface area (Å²) in [6.07, 6.45) is 11.2. The summed E-state index contributed by atoms with van der Waals surface area (Å²) in [4.78, 5) is 40.2. The molecule has 7 nitrogen and oxygen atoms in total. The minimum absolute atomic E-state index is 0.0905. The second-order valence-corrected chi connectivity index (χ2v) is 9.02. The minimum Gasteiger partial charge on any atom is -0.489 e. The first-order chi connectivity index (χ1) is 16.5. The van der Waals surface area contributed by atoms with Gasteiger partial charge >= 0.3 is 5.97 Å². The van der Waals surface area contributed by atoms with Crippen LogP contribution in [0.4, 0.5) is 4.79 Å². The molecule has 0 bridgehead atoms. The lowest BCUT2D eigenvalue weighted by molar-refractivity contribution is -0.154. The first-order valence-corrected chi connectivity index (χ1v) is 11.7. The number of carbonyl (C=O) groups excluding carboxylic acids is 3. The highest BCUT2D eigenvalue weighted by Gasteiger charge is 2.31. The molecule has 3 atom stereocenters. The Morgan fingerprint density at radius 2 is 2.03 bits per heavy atom. The van der Waals surface area contributed by atoms with Crippen molar-refractivity contribution in [2.24, 2.45) is 5.92 Å². The van der Waals surface area contributed by atoms with Crippen molar-refractivity contribution in [2.45, 2.75) is 24.2 Å². The van der Waals surface area contributed by atoms with Gasteiger partial charge in [0.05, 0.1) is 16.9 Å². The molecule has 8 heteroatoms. The molecule has 1 aliphatic carbocycles. The summed E-state index contributed by atoms with van der Waals surface area (Å²) < 4.78 is 11.7. The van der Waals surface area contributed by atoms with Crippen LogP contribution in [0, 0.1) is 5.92 Å². The van der Waals surface area contributed by atoms with Gasteiger partial charge in [-0.3, -0.25) is 24.7 Å². The molecule has 2 heterocycles. The van der Waals surface area contributed by atoms with Crippen LogP contribution >= 0.6 is 11.8 Å². The first-order valence-electron chi connectivity index (χ1n) is 10.9. The number of hydrogen-bond donors (Lipinski definition) is 1. The maximum absolute atomic E-state index is 12.7. The van der Waals surface area contributed by atoms with Crippen LogP contribution in [0.3, 0.4) is 0 Å². The average molecular weight is 477 g/mol. The minimum atomic E-state index is -0.685. The Bertz CT molecular complexity index is 1120. The van der Waals surface area contributed by atoms with E-state index in [0.717, 1.165) is 22.9 Å². The Hall–Kier alpha value is -3.65. The summed E-state index contributed by atoms with van der Waals surface area (Å²) in [5, 5.41) is 1.56. The van der Waals surface area contributed by atoms with Gasteiger partial charge in [0.15, 0.2) is 6.10 Å². The number of hydrogen-bond acceptors (Lipinski definition) is 7. The third kappa shape index (κ3) is 6.02. The zero-order valence-electron chi connectivity index (χ0n) is 18.4. The number of allylic oxidation sites excluding steroid dienone is 3. The SMILES string of the molecule is C=Cc1ccc(C(COc2ccc(CC3SC(=O)NC3=O)cc2)OC(=O)C2C=CC=CC2)nc1. The molecule has 174 valence electrons. The summed E-state index contributed by atoms with van der Waals surface area (Å²) >= 11 is 1.00. The molecule has 1 fully saturated rings. The van der Waals surface area contributed by atoms with E-state index in [1.165, 1.54) is 0 Å². The number of pyridine rings is 1. The van der Waals surface area contributed by atoms with Gasteiger partial charge in [0.2, 0.25) is 5.91 Å². The summed E-state index contributed by atoms with van der Waals surface area (Å²) in [6.45, 7) is 3.82. The highest BCUT2D eigenvalue weighted by Crippen LogP contribution is 2.25. The van der Waals surface area contributed by atoms with Crippen molar-refractivity contribution < 1.29 is 23.9 Å². The molecule has 1 aromatic heterocycles. The van der Waals surface area contributed by atoms with Crippen molar-refractivity contribution in [1.82, 2.24) is 10.3 Å². The van der Waals surface area contributed by atoms with Crippen molar-refractivity contribution in [3.05, 3.63) is 90.3 Å². The van der Waals surface area contributed by atoms with E-state index < -0.39 is 11.4 Å². The Labute approximate surface area is 201 Å². The van der Waals surface area contributed by atoms with Crippen molar-refractivity contribution >= 4 is 35.0 Å². The van der Waals surface area contributed by atoms with Gasteiger partial charge in [-0.2, -0.15) is 0 Å². The highest BCUT2D eigenvalue weighted by atomic mass is 32.2. The fraction of sp³-hybridized carbons (Fsp3) is 0.231. The van der Waals surface area contributed by atoms with E-state index >= 15 is 0 Å². The number of rotatable bonds is 9. The van der Waals surface area contributed by atoms with Crippen LogP contribution in [0.25, 0.3) is 6.08 Å². The Balaban J connectivity index is 1.41. The van der Waals surface area contributed by atoms with Crippen molar-refractivity contribution in [3.8, 4) is 5.75 Å². The van der Waals surface area contributed by atoms with Crippen LogP contribution in [0.15, 0.2) is 73.5 Å². The number of thioether (sulfide) groups is 1. The molecule has 2 aromatic rings. The summed E-state index contributed by atoms with van der Waals surface area (Å²) in [6, 6.07) is 10.9. The van der Waals surface area contributed by atoms with E-state index in [2.05, 4.69) is 16.9 Å². The van der Waals surface area contributed by atoms with Crippen LogP contribution in [0.1, 0.15) is 29.3 Å². The third-order valence-corrected chi connectivity index (χ3v) is 6.41. The normalized spacial score (nSPS) is 20.0. The number of esters is 1. The molecule has 2 amide bonds. The zero-order chi connectivity index (χ0) is 23.9. The lowest BCUT2D eigenvalue weighted by atomic mass is 10.0. The molecule has 0 spiro atoms. The van der Waals surface area contributed by atoms with Crippen LogP contribution in [-0.2, 0) is 20.7 Å². The molecule has 0 saturated carbocycles. The second-order valence-electron chi connectivity index (χ2n) is 7.84. The van der Waals surface area contributed by atoms with Gasteiger partial charge in [0.25, 0.3) is 5.24 Å². The maximum Gasteiger partial charge on any atom is 0.313 e. The van der Waals surface area contributed by atoms with Crippen molar-refractivity contribution in [2.75, 3.05) is 6.61 Å². The van der Waals surface area contributed by atoms with Crippen LogP contribution in [0.5, 0.6) is 5.75 Å². The van der Waals surface area contributed by atoms with E-state index in [1.54, 1.807) is 30.5 Å². The molecule has 0 radical (unpaired) electrons. The molecular weight excluding hydrogens is 452 g/mol. The number of ether oxygens (including phenoxy) is 2. The van der Waals surface area contributed by atoms with Crippen molar-refractivity contribution in [1.29, 1.82) is 0 Å². The number of nitrogens with one attached hydrogen (secondary N) is 1. The van der Waals surface area contributed by atoms with Crippen LogP contribution in [-0.4, -0.2) is 34.0 Å². The van der Waals surface area contributed by atoms with Gasteiger partial charge in [0.1, 0.15) is 12.4 Å². The standard InChI is InChI=1S/C26H24N2O5S/c1-2-17-10-13-21(27-15-17)22(33-25(30)19-6-4-3-5-7-19)16-32-20-11-8-18(9-12-20)14-23-24(29)28-26(31)34-23/h2-6,8-13,15,19,22-23H,1,7,14,16H2,(H,28,29,31). The van der Waals surface area contributed by atoms with E-state index in [0.29, 0.717) is 24.3 Å². The number of benzene rings is 1. The first kappa shape index (κ1) is 23.5. The molecule has 1 aromatic carbocycles. The number of nitrogens with zero attached hydrogens (tertiary/aromatic N) is 1. The molecule has 1 N–H and O–H groups in total. The third-order valence-electron chi connectivity index (χ3n) is 5.43. The molecule has 2 aliphatic rings. The lowest BCUT2D eigenvalue weighted by Crippen LogP contribution is -2.25. The fourth-order valence-corrected chi connectivity index (χ4v) is 4.39. The Morgan fingerprint density at radius 3 is 2.65 bits per heavy atom. The highest BCUT2D eigenvalue weighted by molar-refractivity contribution is 8.15. The van der Waals surface area contributed by atoms with Gasteiger partial charge in [-0.05, 0) is 42.2 Å². The van der Waals surface area contributed by atoms with E-state index in [-0.39, 0.29) is 29.6 Å². The van der Waals surface area contributed by atoms with E-state index in [9.17, 15) is 14.4 Å². The predicted octanol–water partition coefficient (Wildman–Crippen LogP) is 4.41. The molecule has 4 rings (SSSR count). The monoisotopic (exact) mass is 476 g/mol. The largest absolute Gasteiger partial charge is 0.489 e. The Kier molecular flexibility index (Phi) is 7.59. The van der Waals surface area contributed by atoms with Gasteiger partial charge in [-0.1, -0.05) is 66.9 Å². The van der Waals surface area contributed by atoms with Gasteiger partial charge < -0.3 is 9.47 Å². The molecular formula is C26H24N2O5S. The molecule has 1 aliphatic heterocycles. The second kappa shape index (κ2) is 11.0. The molecule has 3 unspecified atom stereocenters. The lowest BCUT2D eigenvalue weighted by Gasteiger charge is -2.21. The predicted molar refractivity (Wildman–Crippen MR) is 130 cm³/mol. The number of imide groups is 1. The quantitative estimate of drug-likeness (QED) is 0.536. The summed E-state index contributed by atoms with van der Waals surface area (Å²) in [5.41, 5.74) is 2.36. The number of aromatic nitrogens is 1. The summed E-state index contributed by atoms with van der Waals surface area (Å²) in [5.74, 6) is -0.344. The smallest absolute Gasteiger partial charge is 0.313 e. The van der Waals surface area contributed by atoms with Gasteiger partial charge in [-0.15, -0.1) is 0 Å². The summed E-state index contributed by atoms with van der Waals surface area (Å²) in [7, 11) is 0. The maximum atomic E-state index is 12.7. The van der Waals surface area contributed by atoms with Gasteiger partial charge in [0, 0.05) is 6.20 Å². The zero-order valence-corrected chi connectivity index (χ0v) is 19.2. The fourth-order valence-electron chi connectivity index (χ4n) is 3.53. The van der Waals surface area contributed by atoms with E-state index in [4.69, 9.17) is 9.47 Å². The molecule has 34 heavy (non-hydrogen) atoms. The number of amides is 2. The van der Waals surface area contributed by atoms with Crippen LogP contribution < -0.4 is 10.1 Å². The van der Waals surface area contributed by atoms with Gasteiger partial charge in [-0.25, -0.2) is 0 Å². The number of carbonyl (C=O) groups is 3. The van der Waals surface area contributed by atoms with Crippen molar-refractivity contribution in [3.63, 3.8) is 0 Å². The van der Waals surface area contributed by atoms with E-state index in [1.807, 2.05) is 42.5 Å². The van der Waals surface area contributed by atoms with Crippen LogP contribution in [0.2, 0.25) is 0 Å². The average Bonchev–Trinajstić information content (AvgIpc) is 3.19. The molecule has 1 saturated heterocycles.